The second-order valence-electron chi connectivity index (χ2n) is 5.37. The number of carboxylic acid groups (broad SMARTS) is 1. The van der Waals surface area contributed by atoms with Crippen LogP contribution in [0.15, 0.2) is 23.6 Å². The van der Waals surface area contributed by atoms with Crippen LogP contribution in [0.2, 0.25) is 0 Å². The lowest BCUT2D eigenvalue weighted by molar-refractivity contribution is 0.0694. The number of aromatic nitrogens is 1. The lowest BCUT2D eigenvalue weighted by atomic mass is 9.94. The number of carboxylic acids is 1. The zero-order chi connectivity index (χ0) is 15.5. The van der Waals surface area contributed by atoms with Crippen LogP contribution >= 0.6 is 11.3 Å². The van der Waals surface area contributed by atoms with Gasteiger partial charge >= 0.3 is 5.97 Å². The van der Waals surface area contributed by atoms with Crippen molar-refractivity contribution in [1.82, 2.24) is 9.88 Å². The molecular formula is C16H18N2O3S. The number of fused-ring (bicyclic) bond motifs is 1. The molecule has 6 heteroatoms. The molecule has 2 aromatic rings. The molecule has 3 rings (SSSR count). The minimum atomic E-state index is -0.839. The molecule has 0 radical (unpaired) electrons. The molecule has 0 bridgehead atoms. The van der Waals surface area contributed by atoms with Gasteiger partial charge in [0.05, 0.1) is 17.9 Å². The van der Waals surface area contributed by atoms with Gasteiger partial charge in [0.25, 0.3) is 0 Å². The van der Waals surface area contributed by atoms with Crippen LogP contribution in [0.1, 0.15) is 32.2 Å². The Bertz CT molecular complexity index is 684. The van der Waals surface area contributed by atoms with Gasteiger partial charge in [-0.1, -0.05) is 12.1 Å². The zero-order valence-electron chi connectivity index (χ0n) is 12.4. The van der Waals surface area contributed by atoms with Crippen molar-refractivity contribution < 1.29 is 14.6 Å². The Kier molecular flexibility index (Phi) is 4.52. The van der Waals surface area contributed by atoms with Crippen molar-refractivity contribution in [1.29, 1.82) is 0 Å². The van der Waals surface area contributed by atoms with Gasteiger partial charge in [0.2, 0.25) is 0 Å². The number of nitrogens with zero attached hydrogens (tertiary/aromatic N) is 2. The number of hydrogen-bond acceptors (Lipinski definition) is 5. The molecule has 1 aliphatic heterocycles. The highest BCUT2D eigenvalue weighted by Crippen LogP contribution is 2.24. The summed E-state index contributed by atoms with van der Waals surface area (Å²) in [4.78, 5) is 18.1. The van der Waals surface area contributed by atoms with Gasteiger partial charge in [0.1, 0.15) is 5.01 Å². The molecule has 5 nitrogen and oxygen atoms in total. The third kappa shape index (κ3) is 3.19. The van der Waals surface area contributed by atoms with Gasteiger partial charge in [0, 0.05) is 32.1 Å². The summed E-state index contributed by atoms with van der Waals surface area (Å²) in [6, 6.07) is 5.53. The molecule has 0 unspecified atom stereocenters. The number of carbonyl (C=O) groups is 1. The van der Waals surface area contributed by atoms with E-state index in [1.54, 1.807) is 24.5 Å². The Morgan fingerprint density at radius 2 is 2.36 bits per heavy atom. The van der Waals surface area contributed by atoms with Crippen molar-refractivity contribution in [3.05, 3.63) is 51.0 Å². The Hall–Kier alpha value is -1.76. The first-order valence-electron chi connectivity index (χ1n) is 7.16. The van der Waals surface area contributed by atoms with Crippen molar-refractivity contribution in [2.24, 2.45) is 0 Å². The van der Waals surface area contributed by atoms with Crippen LogP contribution in [-0.2, 0) is 30.9 Å². The van der Waals surface area contributed by atoms with Crippen LogP contribution in [0.3, 0.4) is 0 Å². The topological polar surface area (TPSA) is 62.7 Å². The first-order valence-corrected chi connectivity index (χ1v) is 8.04. The van der Waals surface area contributed by atoms with Gasteiger partial charge in [-0.25, -0.2) is 9.78 Å². The van der Waals surface area contributed by atoms with Crippen molar-refractivity contribution in [3.63, 3.8) is 0 Å². The van der Waals surface area contributed by atoms with Crippen molar-refractivity contribution in [3.8, 4) is 0 Å². The average Bonchev–Trinajstić information content (AvgIpc) is 2.94. The summed E-state index contributed by atoms with van der Waals surface area (Å²) in [5, 5.41) is 12.3. The normalized spacial score (nSPS) is 14.8. The highest BCUT2D eigenvalue weighted by molar-refractivity contribution is 7.09. The fourth-order valence-corrected chi connectivity index (χ4v) is 3.60. The van der Waals surface area contributed by atoms with E-state index in [9.17, 15) is 9.90 Å². The van der Waals surface area contributed by atoms with Gasteiger partial charge in [-0.3, -0.25) is 4.90 Å². The third-order valence-electron chi connectivity index (χ3n) is 3.83. The van der Waals surface area contributed by atoms with Crippen LogP contribution in [0.25, 0.3) is 0 Å². The second-order valence-corrected chi connectivity index (χ2v) is 6.32. The maximum Gasteiger partial charge on any atom is 0.335 e. The summed E-state index contributed by atoms with van der Waals surface area (Å²) in [6.07, 6.45) is 0.771. The van der Waals surface area contributed by atoms with Crippen LogP contribution in [0.4, 0.5) is 0 Å². The Morgan fingerprint density at radius 1 is 1.50 bits per heavy atom. The van der Waals surface area contributed by atoms with E-state index in [0.717, 1.165) is 47.9 Å². The smallest absolute Gasteiger partial charge is 0.335 e. The molecule has 0 spiro atoms. The molecule has 1 aliphatic rings. The highest BCUT2D eigenvalue weighted by Gasteiger charge is 2.21. The van der Waals surface area contributed by atoms with E-state index in [2.05, 4.69) is 15.3 Å². The molecule has 116 valence electrons. The van der Waals surface area contributed by atoms with Crippen LogP contribution < -0.4 is 0 Å². The number of rotatable bonds is 5. The minimum Gasteiger partial charge on any atom is -0.478 e. The van der Waals surface area contributed by atoms with E-state index in [1.807, 2.05) is 12.1 Å². The molecule has 0 fully saturated rings. The van der Waals surface area contributed by atoms with Crippen molar-refractivity contribution >= 4 is 17.3 Å². The van der Waals surface area contributed by atoms with Gasteiger partial charge in [-0.05, 0) is 23.6 Å². The SMILES string of the molecule is COCc1nc(CN2CCc3c(cccc3C(=O)O)C2)cs1. The number of methoxy groups -OCH3 is 1. The molecule has 2 heterocycles. The molecule has 22 heavy (non-hydrogen) atoms. The fourth-order valence-electron chi connectivity index (χ4n) is 2.84. The monoisotopic (exact) mass is 318 g/mol. The number of hydrogen-bond donors (Lipinski definition) is 1. The van der Waals surface area contributed by atoms with E-state index in [1.165, 1.54) is 0 Å². The molecule has 1 N–H and O–H groups in total. The number of aromatic carboxylic acids is 1. The lowest BCUT2D eigenvalue weighted by Gasteiger charge is -2.28. The molecule has 0 saturated heterocycles. The molecular weight excluding hydrogens is 300 g/mol. The summed E-state index contributed by atoms with van der Waals surface area (Å²) in [5.74, 6) is -0.839. The second kappa shape index (κ2) is 6.56. The first kappa shape index (κ1) is 15.1. The Labute approximate surface area is 133 Å². The average molecular weight is 318 g/mol. The molecule has 0 aliphatic carbocycles. The first-order chi connectivity index (χ1) is 10.7. The number of thiazole rings is 1. The van der Waals surface area contributed by atoms with Gasteiger partial charge in [-0.15, -0.1) is 11.3 Å². The molecule has 1 aromatic heterocycles. The van der Waals surface area contributed by atoms with Crippen LogP contribution in [-0.4, -0.2) is 34.6 Å². The molecule has 1 aromatic carbocycles. The van der Waals surface area contributed by atoms with Crippen LogP contribution in [0.5, 0.6) is 0 Å². The largest absolute Gasteiger partial charge is 0.478 e. The van der Waals surface area contributed by atoms with Gasteiger partial charge in [-0.2, -0.15) is 0 Å². The zero-order valence-corrected chi connectivity index (χ0v) is 13.2. The van der Waals surface area contributed by atoms with Crippen molar-refractivity contribution in [2.45, 2.75) is 26.1 Å². The minimum absolute atomic E-state index is 0.438. The predicted molar refractivity (Wildman–Crippen MR) is 84.0 cm³/mol. The number of benzene rings is 1. The molecule has 0 amide bonds. The van der Waals surface area contributed by atoms with Crippen LogP contribution in [0, 0.1) is 0 Å². The summed E-state index contributed by atoms with van der Waals surface area (Å²) >= 11 is 1.61. The summed E-state index contributed by atoms with van der Waals surface area (Å²) in [7, 11) is 1.67. The standard InChI is InChI=1S/C16H18N2O3S/c1-21-9-15-17-12(10-22-15)8-18-6-5-13-11(7-18)3-2-4-14(13)16(19)20/h2-4,10H,5-9H2,1H3,(H,19,20). The van der Waals surface area contributed by atoms with E-state index >= 15 is 0 Å². The summed E-state index contributed by atoms with van der Waals surface area (Å²) in [6.45, 7) is 2.97. The highest BCUT2D eigenvalue weighted by atomic mass is 32.1. The Balaban J connectivity index is 1.71. The molecule has 0 saturated carbocycles. The van der Waals surface area contributed by atoms with Crippen molar-refractivity contribution in [2.75, 3.05) is 13.7 Å². The third-order valence-corrected chi connectivity index (χ3v) is 4.70. The van der Waals surface area contributed by atoms with E-state index in [4.69, 9.17) is 4.74 Å². The maximum atomic E-state index is 11.3. The Morgan fingerprint density at radius 3 is 3.14 bits per heavy atom. The number of ether oxygens (including phenoxy) is 1. The van der Waals surface area contributed by atoms with Gasteiger partial charge in [0.15, 0.2) is 0 Å². The predicted octanol–water partition coefficient (Wildman–Crippen LogP) is 2.55. The molecule has 0 atom stereocenters. The maximum absolute atomic E-state index is 11.3. The lowest BCUT2D eigenvalue weighted by Crippen LogP contribution is -2.31. The van der Waals surface area contributed by atoms with E-state index in [0.29, 0.717) is 12.2 Å². The summed E-state index contributed by atoms with van der Waals surface area (Å²) < 4.78 is 5.09. The quantitative estimate of drug-likeness (QED) is 0.918. The van der Waals surface area contributed by atoms with E-state index in [-0.39, 0.29) is 0 Å². The van der Waals surface area contributed by atoms with E-state index < -0.39 is 5.97 Å². The van der Waals surface area contributed by atoms with Gasteiger partial charge < -0.3 is 9.84 Å². The summed E-state index contributed by atoms with van der Waals surface area (Å²) in [5.41, 5.74) is 3.58. The fraction of sp³-hybridized carbons (Fsp3) is 0.375.